The second-order valence-electron chi connectivity index (χ2n) is 7.23. The quantitative estimate of drug-likeness (QED) is 0.705. The molecular formula is C16H26N4O4S2. The van der Waals surface area contributed by atoms with Crippen molar-refractivity contribution in [3.63, 3.8) is 0 Å². The summed E-state index contributed by atoms with van der Waals surface area (Å²) in [5.74, 6) is 1.34. The summed E-state index contributed by atoms with van der Waals surface area (Å²) in [6, 6.07) is 3.72. The molecule has 0 unspecified atom stereocenters. The lowest BCUT2D eigenvalue weighted by Crippen LogP contribution is -2.48. The number of nitrogens with zero attached hydrogens (tertiary/aromatic N) is 3. The molecule has 0 bridgehead atoms. The van der Waals surface area contributed by atoms with Crippen LogP contribution in [0.4, 0.5) is 11.5 Å². The molecule has 0 radical (unpaired) electrons. The summed E-state index contributed by atoms with van der Waals surface area (Å²) < 4.78 is 47.9. The monoisotopic (exact) mass is 402 g/mol. The van der Waals surface area contributed by atoms with Crippen molar-refractivity contribution in [3.8, 4) is 0 Å². The van der Waals surface area contributed by atoms with Crippen molar-refractivity contribution < 1.29 is 16.8 Å². The van der Waals surface area contributed by atoms with E-state index < -0.39 is 19.9 Å². The minimum Gasteiger partial charge on any atom is -0.380 e. The lowest BCUT2D eigenvalue weighted by Gasteiger charge is -2.34. The largest absolute Gasteiger partial charge is 0.380 e. The summed E-state index contributed by atoms with van der Waals surface area (Å²) in [7, 11) is -6.18. The Morgan fingerprint density at radius 2 is 1.77 bits per heavy atom. The maximum atomic E-state index is 11.6. The van der Waals surface area contributed by atoms with Gasteiger partial charge in [0.2, 0.25) is 10.0 Å². The average molecular weight is 403 g/mol. The zero-order chi connectivity index (χ0) is 18.9. The van der Waals surface area contributed by atoms with Crippen LogP contribution in [0.5, 0.6) is 0 Å². The van der Waals surface area contributed by atoms with Gasteiger partial charge in [-0.05, 0) is 30.9 Å². The van der Waals surface area contributed by atoms with Gasteiger partial charge in [0.05, 0.1) is 23.9 Å². The number of rotatable bonds is 7. The number of nitrogens with one attached hydrogen (secondary N) is 1. The first-order valence-corrected chi connectivity index (χ1v) is 12.6. The highest BCUT2D eigenvalue weighted by Gasteiger charge is 2.33. The number of sulfonamides is 1. The van der Waals surface area contributed by atoms with Gasteiger partial charge in [0.25, 0.3) is 0 Å². The standard InChI is InChI=1S/C16H26N4O4S2/c1-25(21,22)12-15(13-3-4-13)18-14-5-6-16(17-11-14)19-7-9-20(10-8-19)26(2,23)24/h5-6,11,13,15,18H,3-4,7-10,12H2,1-2H3/t15-/m0/s1. The maximum absolute atomic E-state index is 11.6. The predicted molar refractivity (Wildman–Crippen MR) is 103 cm³/mol. The number of piperazine rings is 1. The van der Waals surface area contributed by atoms with E-state index in [1.165, 1.54) is 16.8 Å². The van der Waals surface area contributed by atoms with Gasteiger partial charge in [0, 0.05) is 38.5 Å². The Balaban J connectivity index is 1.60. The zero-order valence-electron chi connectivity index (χ0n) is 15.1. The van der Waals surface area contributed by atoms with Crippen molar-refractivity contribution >= 4 is 31.4 Å². The molecule has 1 aromatic rings. The number of pyridine rings is 1. The lowest BCUT2D eigenvalue weighted by atomic mass is 10.2. The summed E-state index contributed by atoms with van der Waals surface area (Å²) in [5.41, 5.74) is 0.809. The van der Waals surface area contributed by atoms with Gasteiger partial charge in [-0.1, -0.05) is 0 Å². The molecule has 8 nitrogen and oxygen atoms in total. The molecule has 1 saturated heterocycles. The van der Waals surface area contributed by atoms with Gasteiger partial charge in [-0.25, -0.2) is 21.8 Å². The van der Waals surface area contributed by atoms with E-state index in [0.717, 1.165) is 24.3 Å². The van der Waals surface area contributed by atoms with Crippen molar-refractivity contribution in [1.29, 1.82) is 0 Å². The molecule has 0 aromatic carbocycles. The Morgan fingerprint density at radius 1 is 1.12 bits per heavy atom. The minimum absolute atomic E-state index is 0.0732. The SMILES string of the molecule is CS(=O)(=O)C[C@H](Nc1ccc(N2CCN(S(C)(=O)=O)CC2)nc1)C1CC1. The predicted octanol–water partition coefficient (Wildman–Crippen LogP) is 0.398. The Labute approximate surface area is 155 Å². The number of aromatic nitrogens is 1. The summed E-state index contributed by atoms with van der Waals surface area (Å²) in [6.45, 7) is 2.12. The summed E-state index contributed by atoms with van der Waals surface area (Å²) in [5, 5.41) is 3.31. The fraction of sp³-hybridized carbons (Fsp3) is 0.688. The van der Waals surface area contributed by atoms with Crippen LogP contribution < -0.4 is 10.2 Å². The second-order valence-corrected chi connectivity index (χ2v) is 11.4. The lowest BCUT2D eigenvalue weighted by molar-refractivity contribution is 0.387. The number of hydrogen-bond acceptors (Lipinski definition) is 7. The zero-order valence-corrected chi connectivity index (χ0v) is 16.8. The molecule has 1 aromatic heterocycles. The molecule has 10 heteroatoms. The van der Waals surface area contributed by atoms with Gasteiger partial charge >= 0.3 is 0 Å². The van der Waals surface area contributed by atoms with Crippen molar-refractivity contribution in [2.75, 3.05) is 54.7 Å². The third-order valence-corrected chi connectivity index (χ3v) is 7.07. The topological polar surface area (TPSA) is 99.7 Å². The molecule has 2 fully saturated rings. The van der Waals surface area contributed by atoms with Crippen molar-refractivity contribution in [3.05, 3.63) is 18.3 Å². The molecule has 1 saturated carbocycles. The number of hydrogen-bond donors (Lipinski definition) is 1. The minimum atomic E-state index is -3.14. The maximum Gasteiger partial charge on any atom is 0.211 e. The van der Waals surface area contributed by atoms with Gasteiger partial charge in [0.15, 0.2) is 0 Å². The highest BCUT2D eigenvalue weighted by atomic mass is 32.2. The van der Waals surface area contributed by atoms with Crippen molar-refractivity contribution in [1.82, 2.24) is 9.29 Å². The van der Waals surface area contributed by atoms with Crippen LogP contribution in [0.1, 0.15) is 12.8 Å². The van der Waals surface area contributed by atoms with Crippen LogP contribution in [0.25, 0.3) is 0 Å². The van der Waals surface area contributed by atoms with Crippen LogP contribution in [0.15, 0.2) is 18.3 Å². The van der Waals surface area contributed by atoms with Gasteiger partial charge in [-0.3, -0.25) is 0 Å². The molecule has 146 valence electrons. The fourth-order valence-electron chi connectivity index (χ4n) is 3.24. The number of anilines is 2. The molecular weight excluding hydrogens is 376 g/mol. The van der Waals surface area contributed by atoms with E-state index in [9.17, 15) is 16.8 Å². The molecule has 0 spiro atoms. The van der Waals surface area contributed by atoms with E-state index in [4.69, 9.17) is 0 Å². The molecule has 0 amide bonds. The van der Waals surface area contributed by atoms with Crippen LogP contribution in [-0.2, 0) is 19.9 Å². The summed E-state index contributed by atoms with van der Waals surface area (Å²) in [4.78, 5) is 6.52. The fourth-order valence-corrected chi connectivity index (χ4v) is 5.08. The average Bonchev–Trinajstić information content (AvgIpc) is 3.38. The Hall–Kier alpha value is -1.39. The van der Waals surface area contributed by atoms with Crippen LogP contribution in [0, 0.1) is 5.92 Å². The molecule has 2 aliphatic rings. The smallest absolute Gasteiger partial charge is 0.211 e. The van der Waals surface area contributed by atoms with E-state index in [0.29, 0.717) is 32.1 Å². The molecule has 1 N–H and O–H groups in total. The Kier molecular flexibility index (Phi) is 5.45. The summed E-state index contributed by atoms with van der Waals surface area (Å²) >= 11 is 0. The first-order valence-electron chi connectivity index (χ1n) is 8.72. The first-order chi connectivity index (χ1) is 12.1. The normalized spacial score (nSPS) is 20.8. The van der Waals surface area contributed by atoms with E-state index in [-0.39, 0.29) is 11.8 Å². The highest BCUT2D eigenvalue weighted by molar-refractivity contribution is 7.90. The number of sulfone groups is 1. The van der Waals surface area contributed by atoms with Gasteiger partial charge in [-0.15, -0.1) is 0 Å². The Morgan fingerprint density at radius 3 is 2.23 bits per heavy atom. The van der Waals surface area contributed by atoms with Gasteiger partial charge in [-0.2, -0.15) is 4.31 Å². The van der Waals surface area contributed by atoms with E-state index in [1.54, 1.807) is 6.20 Å². The van der Waals surface area contributed by atoms with Crippen LogP contribution in [0.2, 0.25) is 0 Å². The first kappa shape index (κ1) is 19.4. The van der Waals surface area contributed by atoms with Gasteiger partial charge in [0.1, 0.15) is 15.7 Å². The summed E-state index contributed by atoms with van der Waals surface area (Å²) in [6.07, 6.45) is 6.33. The van der Waals surface area contributed by atoms with Crippen LogP contribution in [-0.4, -0.2) is 76.6 Å². The molecule has 1 aliphatic carbocycles. The molecule has 3 rings (SSSR count). The molecule has 1 aliphatic heterocycles. The van der Waals surface area contributed by atoms with E-state index >= 15 is 0 Å². The third-order valence-electron chi connectivity index (χ3n) is 4.80. The Bertz CT molecular complexity index is 828. The molecule has 26 heavy (non-hydrogen) atoms. The van der Waals surface area contributed by atoms with Crippen LogP contribution >= 0.6 is 0 Å². The van der Waals surface area contributed by atoms with Gasteiger partial charge < -0.3 is 10.2 Å². The third kappa shape index (κ3) is 5.31. The van der Waals surface area contributed by atoms with Crippen molar-refractivity contribution in [2.24, 2.45) is 5.92 Å². The second kappa shape index (κ2) is 7.32. The van der Waals surface area contributed by atoms with Crippen LogP contribution in [0.3, 0.4) is 0 Å². The van der Waals surface area contributed by atoms with Crippen molar-refractivity contribution in [2.45, 2.75) is 18.9 Å². The highest BCUT2D eigenvalue weighted by Crippen LogP contribution is 2.35. The molecule has 1 atom stereocenters. The van der Waals surface area contributed by atoms with E-state index in [2.05, 4.69) is 15.2 Å². The van der Waals surface area contributed by atoms with E-state index in [1.807, 2.05) is 12.1 Å². The molecule has 2 heterocycles.